The van der Waals surface area contributed by atoms with Gasteiger partial charge < -0.3 is 9.73 Å². The Morgan fingerprint density at radius 2 is 2.21 bits per heavy atom. The van der Waals surface area contributed by atoms with Crippen LogP contribution in [0.4, 0.5) is 5.82 Å². The second kappa shape index (κ2) is 7.19. The molecule has 0 fully saturated rings. The van der Waals surface area contributed by atoms with Crippen LogP contribution in [0.1, 0.15) is 30.6 Å². The van der Waals surface area contributed by atoms with Crippen molar-refractivity contribution in [3.8, 4) is 0 Å². The van der Waals surface area contributed by atoms with E-state index in [9.17, 15) is 0 Å². The maximum atomic E-state index is 5.30. The van der Waals surface area contributed by atoms with Gasteiger partial charge in [-0.15, -0.1) is 11.8 Å². The van der Waals surface area contributed by atoms with Gasteiger partial charge in [-0.1, -0.05) is 6.92 Å². The molecule has 0 bridgehead atoms. The molecule has 0 aliphatic rings. The first-order chi connectivity index (χ1) is 9.28. The van der Waals surface area contributed by atoms with E-state index >= 15 is 0 Å². The fourth-order valence-corrected chi connectivity index (χ4v) is 2.46. The van der Waals surface area contributed by atoms with Gasteiger partial charge in [-0.2, -0.15) is 0 Å². The third-order valence-corrected chi connectivity index (χ3v) is 3.46. The molecule has 5 heteroatoms. The second-order valence-corrected chi connectivity index (χ2v) is 5.30. The Bertz CT molecular complexity index is 499. The van der Waals surface area contributed by atoms with Gasteiger partial charge in [-0.3, -0.25) is 0 Å². The summed E-state index contributed by atoms with van der Waals surface area (Å²) in [5.74, 6) is 4.42. The average molecular weight is 277 g/mol. The number of aromatic nitrogens is 2. The second-order valence-electron chi connectivity index (χ2n) is 4.31. The SMILES string of the molecule is CCCNc1cc(C)nc(CSCc2ccco2)n1. The Hall–Kier alpha value is -1.49. The molecule has 4 nitrogen and oxygen atoms in total. The molecule has 0 saturated carbocycles. The topological polar surface area (TPSA) is 51.0 Å². The third-order valence-electron chi connectivity index (χ3n) is 2.51. The van der Waals surface area contributed by atoms with Crippen molar-refractivity contribution in [2.45, 2.75) is 31.8 Å². The van der Waals surface area contributed by atoms with Gasteiger partial charge in [0.25, 0.3) is 0 Å². The van der Waals surface area contributed by atoms with E-state index in [4.69, 9.17) is 4.42 Å². The number of anilines is 1. The minimum absolute atomic E-state index is 0.795. The molecule has 1 N–H and O–H groups in total. The van der Waals surface area contributed by atoms with E-state index in [1.54, 1.807) is 18.0 Å². The van der Waals surface area contributed by atoms with Crippen LogP contribution >= 0.6 is 11.8 Å². The molecule has 102 valence electrons. The molecule has 0 atom stereocenters. The van der Waals surface area contributed by atoms with Crippen molar-refractivity contribution in [3.05, 3.63) is 41.7 Å². The lowest BCUT2D eigenvalue weighted by molar-refractivity contribution is 0.530. The highest BCUT2D eigenvalue weighted by molar-refractivity contribution is 7.97. The van der Waals surface area contributed by atoms with Crippen LogP contribution in [0.3, 0.4) is 0 Å². The Balaban J connectivity index is 1.90. The zero-order valence-electron chi connectivity index (χ0n) is 11.3. The highest BCUT2D eigenvalue weighted by atomic mass is 32.2. The van der Waals surface area contributed by atoms with E-state index in [1.165, 1.54) is 0 Å². The molecule has 2 rings (SSSR count). The van der Waals surface area contributed by atoms with Crippen LogP contribution in [0, 0.1) is 6.92 Å². The number of rotatable bonds is 7. The number of furan rings is 1. The van der Waals surface area contributed by atoms with E-state index in [1.807, 2.05) is 25.1 Å². The smallest absolute Gasteiger partial charge is 0.140 e. The number of nitrogens with one attached hydrogen (secondary N) is 1. The van der Waals surface area contributed by atoms with Gasteiger partial charge in [0.05, 0.1) is 17.8 Å². The molecule has 0 unspecified atom stereocenters. The zero-order chi connectivity index (χ0) is 13.5. The zero-order valence-corrected chi connectivity index (χ0v) is 12.2. The summed E-state index contributed by atoms with van der Waals surface area (Å²) in [6.07, 6.45) is 2.79. The highest BCUT2D eigenvalue weighted by Gasteiger charge is 2.03. The van der Waals surface area contributed by atoms with Crippen molar-refractivity contribution >= 4 is 17.6 Å². The van der Waals surface area contributed by atoms with Gasteiger partial charge in [0.15, 0.2) is 0 Å². The molecule has 0 aliphatic carbocycles. The lowest BCUT2D eigenvalue weighted by Gasteiger charge is -2.07. The Morgan fingerprint density at radius 1 is 1.32 bits per heavy atom. The van der Waals surface area contributed by atoms with Crippen LogP contribution in [-0.2, 0) is 11.5 Å². The van der Waals surface area contributed by atoms with Crippen molar-refractivity contribution in [3.63, 3.8) is 0 Å². The van der Waals surface area contributed by atoms with Crippen molar-refractivity contribution < 1.29 is 4.42 Å². The highest BCUT2D eigenvalue weighted by Crippen LogP contribution is 2.17. The molecule has 19 heavy (non-hydrogen) atoms. The molecule has 0 saturated heterocycles. The van der Waals surface area contributed by atoms with Crippen molar-refractivity contribution in [2.24, 2.45) is 0 Å². The van der Waals surface area contributed by atoms with Crippen molar-refractivity contribution in [1.82, 2.24) is 9.97 Å². The van der Waals surface area contributed by atoms with Gasteiger partial charge in [-0.05, 0) is 25.5 Å². The first-order valence-electron chi connectivity index (χ1n) is 6.46. The number of hydrogen-bond donors (Lipinski definition) is 1. The molecule has 0 aromatic carbocycles. The Labute approximate surface area is 118 Å². The summed E-state index contributed by atoms with van der Waals surface area (Å²) in [6.45, 7) is 5.08. The van der Waals surface area contributed by atoms with Gasteiger partial charge >= 0.3 is 0 Å². The monoisotopic (exact) mass is 277 g/mol. The number of nitrogens with zero attached hydrogens (tertiary/aromatic N) is 2. The predicted octanol–water partition coefficient (Wildman–Crippen LogP) is 3.63. The molecule has 2 aromatic heterocycles. The first kappa shape index (κ1) is 13.9. The lowest BCUT2D eigenvalue weighted by atomic mass is 10.4. The molecule has 0 amide bonds. The summed E-state index contributed by atoms with van der Waals surface area (Å²) < 4.78 is 5.30. The van der Waals surface area contributed by atoms with E-state index in [0.717, 1.165) is 47.6 Å². The van der Waals surface area contributed by atoms with E-state index in [2.05, 4.69) is 22.2 Å². The molecule has 2 heterocycles. The van der Waals surface area contributed by atoms with Crippen LogP contribution in [0.25, 0.3) is 0 Å². The largest absolute Gasteiger partial charge is 0.468 e. The fraction of sp³-hybridized carbons (Fsp3) is 0.429. The Morgan fingerprint density at radius 3 is 2.95 bits per heavy atom. The van der Waals surface area contributed by atoms with E-state index in [0.29, 0.717) is 0 Å². The summed E-state index contributed by atoms with van der Waals surface area (Å²) >= 11 is 1.76. The van der Waals surface area contributed by atoms with E-state index in [-0.39, 0.29) is 0 Å². The summed E-state index contributed by atoms with van der Waals surface area (Å²) in [5.41, 5.74) is 1.00. The summed E-state index contributed by atoms with van der Waals surface area (Å²) in [5, 5.41) is 3.30. The molecular weight excluding hydrogens is 258 g/mol. The van der Waals surface area contributed by atoms with Crippen molar-refractivity contribution in [2.75, 3.05) is 11.9 Å². The summed E-state index contributed by atoms with van der Waals surface area (Å²) in [6, 6.07) is 5.88. The van der Waals surface area contributed by atoms with Crippen LogP contribution in [0.15, 0.2) is 28.9 Å². The minimum Gasteiger partial charge on any atom is -0.468 e. The van der Waals surface area contributed by atoms with Gasteiger partial charge in [0.1, 0.15) is 17.4 Å². The van der Waals surface area contributed by atoms with E-state index < -0.39 is 0 Å². The van der Waals surface area contributed by atoms with Crippen LogP contribution in [-0.4, -0.2) is 16.5 Å². The number of aryl methyl sites for hydroxylation is 1. The maximum absolute atomic E-state index is 5.30. The standard InChI is InChI=1S/C14H19N3OS/c1-3-6-15-13-8-11(2)16-14(17-13)10-19-9-12-5-4-7-18-12/h4-5,7-8H,3,6,9-10H2,1-2H3,(H,15,16,17). The molecule has 0 radical (unpaired) electrons. The molecule has 2 aromatic rings. The number of hydrogen-bond acceptors (Lipinski definition) is 5. The van der Waals surface area contributed by atoms with Crippen molar-refractivity contribution in [1.29, 1.82) is 0 Å². The third kappa shape index (κ3) is 4.59. The predicted molar refractivity (Wildman–Crippen MR) is 79.3 cm³/mol. The fourth-order valence-electron chi connectivity index (χ4n) is 1.68. The molecule has 0 spiro atoms. The maximum Gasteiger partial charge on any atom is 0.140 e. The summed E-state index contributed by atoms with van der Waals surface area (Å²) in [4.78, 5) is 8.97. The van der Waals surface area contributed by atoms with Crippen LogP contribution in [0.5, 0.6) is 0 Å². The van der Waals surface area contributed by atoms with Gasteiger partial charge in [-0.25, -0.2) is 9.97 Å². The van der Waals surface area contributed by atoms with Gasteiger partial charge in [0, 0.05) is 18.3 Å². The first-order valence-corrected chi connectivity index (χ1v) is 7.62. The van der Waals surface area contributed by atoms with Crippen LogP contribution < -0.4 is 5.32 Å². The molecule has 0 aliphatic heterocycles. The lowest BCUT2D eigenvalue weighted by Crippen LogP contribution is -2.05. The summed E-state index contributed by atoms with van der Waals surface area (Å²) in [7, 11) is 0. The normalized spacial score (nSPS) is 10.6. The minimum atomic E-state index is 0.795. The quantitative estimate of drug-likeness (QED) is 0.837. The van der Waals surface area contributed by atoms with Gasteiger partial charge in [0.2, 0.25) is 0 Å². The van der Waals surface area contributed by atoms with Crippen LogP contribution in [0.2, 0.25) is 0 Å². The molecular formula is C14H19N3OS. The Kier molecular flexibility index (Phi) is 5.27. The number of thioether (sulfide) groups is 1. The average Bonchev–Trinajstić information content (AvgIpc) is 2.89.